The number of nitrogens with zero attached hydrogens (tertiary/aromatic N) is 3. The number of hydrogen-bond donors (Lipinski definition) is 0. The number of para-hydroxylation sites is 1. The first-order valence-electron chi connectivity index (χ1n) is 11.3. The van der Waals surface area contributed by atoms with E-state index in [2.05, 4.69) is 35.2 Å². The van der Waals surface area contributed by atoms with Gasteiger partial charge in [-0.3, -0.25) is 14.5 Å². The third kappa shape index (κ3) is 4.97. The molecule has 168 valence electrons. The molecule has 0 bridgehead atoms. The molecule has 0 aromatic heterocycles. The lowest BCUT2D eigenvalue weighted by Crippen LogP contribution is -2.48. The van der Waals surface area contributed by atoms with Gasteiger partial charge < -0.3 is 9.80 Å². The predicted molar refractivity (Wildman–Crippen MR) is 132 cm³/mol. The molecule has 0 atom stereocenters. The van der Waals surface area contributed by atoms with E-state index in [1.165, 1.54) is 5.56 Å². The molecular weight excluding hydrogens is 430 g/mol. The lowest BCUT2D eigenvalue weighted by atomic mass is 10.1. The Morgan fingerprint density at radius 3 is 2.18 bits per heavy atom. The summed E-state index contributed by atoms with van der Waals surface area (Å²) in [5.74, 6) is 0.660. The van der Waals surface area contributed by atoms with Gasteiger partial charge in [-0.15, -0.1) is 11.8 Å². The molecule has 33 heavy (non-hydrogen) atoms. The van der Waals surface area contributed by atoms with Crippen LogP contribution in [0.2, 0.25) is 0 Å². The monoisotopic (exact) mass is 457 g/mol. The summed E-state index contributed by atoms with van der Waals surface area (Å²) in [6.45, 7) is 4.69. The third-order valence-corrected chi connectivity index (χ3v) is 7.31. The molecule has 1 saturated heterocycles. The maximum atomic E-state index is 13.0. The molecule has 5 rings (SSSR count). The van der Waals surface area contributed by atoms with Gasteiger partial charge >= 0.3 is 0 Å². The Kier molecular flexibility index (Phi) is 6.46. The fourth-order valence-corrected chi connectivity index (χ4v) is 5.33. The maximum Gasteiger partial charge on any atom is 0.253 e. The largest absolute Gasteiger partial charge is 0.336 e. The zero-order valence-corrected chi connectivity index (χ0v) is 19.3. The Hall–Kier alpha value is -3.09. The standard InChI is InChI=1S/C27H27N3O2S/c31-26-20-33-25-9-5-4-8-24(25)30(26)19-22-10-12-23(13-11-22)27(32)29-16-14-28(15-17-29)18-21-6-2-1-3-7-21/h1-13H,14-20H2. The molecule has 0 unspecified atom stereocenters. The molecule has 0 radical (unpaired) electrons. The van der Waals surface area contributed by atoms with Gasteiger partial charge in [-0.25, -0.2) is 0 Å². The van der Waals surface area contributed by atoms with Crippen molar-refractivity contribution in [1.82, 2.24) is 9.80 Å². The van der Waals surface area contributed by atoms with E-state index < -0.39 is 0 Å². The Morgan fingerprint density at radius 1 is 0.758 bits per heavy atom. The number of carbonyl (C=O) groups is 2. The second-order valence-corrected chi connectivity index (χ2v) is 9.50. The molecule has 2 aliphatic rings. The van der Waals surface area contributed by atoms with E-state index in [1.54, 1.807) is 11.8 Å². The summed E-state index contributed by atoms with van der Waals surface area (Å²) >= 11 is 1.59. The van der Waals surface area contributed by atoms with Crippen LogP contribution in [0.5, 0.6) is 0 Å². The van der Waals surface area contributed by atoms with Crippen molar-refractivity contribution in [2.75, 3.05) is 36.8 Å². The quantitative estimate of drug-likeness (QED) is 0.574. The second-order valence-electron chi connectivity index (χ2n) is 8.49. The van der Waals surface area contributed by atoms with Gasteiger partial charge in [0.2, 0.25) is 5.91 Å². The summed E-state index contributed by atoms with van der Waals surface area (Å²) in [6.07, 6.45) is 0. The van der Waals surface area contributed by atoms with Gasteiger partial charge in [0, 0.05) is 43.2 Å². The molecule has 2 heterocycles. The summed E-state index contributed by atoms with van der Waals surface area (Å²) < 4.78 is 0. The minimum absolute atomic E-state index is 0.0803. The van der Waals surface area contributed by atoms with Gasteiger partial charge in [-0.2, -0.15) is 0 Å². The number of anilines is 1. The lowest BCUT2D eigenvalue weighted by molar-refractivity contribution is -0.116. The number of thioether (sulfide) groups is 1. The molecule has 0 N–H and O–H groups in total. The van der Waals surface area contributed by atoms with Crippen molar-refractivity contribution in [3.63, 3.8) is 0 Å². The van der Waals surface area contributed by atoms with Crippen molar-refractivity contribution in [1.29, 1.82) is 0 Å². The molecule has 2 aliphatic heterocycles. The Labute approximate surface area is 199 Å². The Morgan fingerprint density at radius 2 is 1.42 bits per heavy atom. The molecule has 3 aromatic rings. The van der Waals surface area contributed by atoms with E-state index in [0.29, 0.717) is 17.9 Å². The number of fused-ring (bicyclic) bond motifs is 1. The van der Waals surface area contributed by atoms with Crippen molar-refractivity contribution < 1.29 is 9.59 Å². The molecule has 6 heteroatoms. The van der Waals surface area contributed by atoms with Crippen LogP contribution in [-0.4, -0.2) is 53.5 Å². The molecule has 1 fully saturated rings. The van der Waals surface area contributed by atoms with E-state index in [-0.39, 0.29) is 11.8 Å². The van der Waals surface area contributed by atoms with Crippen LogP contribution < -0.4 is 4.90 Å². The van der Waals surface area contributed by atoms with Crippen LogP contribution in [0.4, 0.5) is 5.69 Å². The highest BCUT2D eigenvalue weighted by Crippen LogP contribution is 2.35. The average molecular weight is 458 g/mol. The predicted octanol–water partition coefficient (Wildman–Crippen LogP) is 4.28. The van der Waals surface area contributed by atoms with Crippen molar-refractivity contribution in [2.45, 2.75) is 18.0 Å². The summed E-state index contributed by atoms with van der Waals surface area (Å²) in [5, 5.41) is 0. The first-order chi connectivity index (χ1) is 16.2. The number of hydrogen-bond acceptors (Lipinski definition) is 4. The fourth-order valence-electron chi connectivity index (χ4n) is 4.40. The van der Waals surface area contributed by atoms with Gasteiger partial charge in [0.25, 0.3) is 5.91 Å². The first kappa shape index (κ1) is 21.7. The van der Waals surface area contributed by atoms with E-state index in [9.17, 15) is 9.59 Å². The van der Waals surface area contributed by atoms with Gasteiger partial charge in [-0.1, -0.05) is 54.6 Å². The van der Waals surface area contributed by atoms with Gasteiger partial charge in [-0.05, 0) is 35.4 Å². The topological polar surface area (TPSA) is 43.9 Å². The zero-order chi connectivity index (χ0) is 22.6. The van der Waals surface area contributed by atoms with E-state index in [0.717, 1.165) is 48.9 Å². The minimum Gasteiger partial charge on any atom is -0.336 e. The Bertz CT molecular complexity index is 1130. The summed E-state index contributed by atoms with van der Waals surface area (Å²) in [4.78, 5) is 32.9. The Balaban J connectivity index is 1.19. The molecule has 3 aromatic carbocycles. The van der Waals surface area contributed by atoms with E-state index in [4.69, 9.17) is 0 Å². The molecule has 0 aliphatic carbocycles. The molecule has 5 nitrogen and oxygen atoms in total. The molecular formula is C27H27N3O2S. The number of carbonyl (C=O) groups excluding carboxylic acids is 2. The lowest BCUT2D eigenvalue weighted by Gasteiger charge is -2.34. The zero-order valence-electron chi connectivity index (χ0n) is 18.5. The van der Waals surface area contributed by atoms with Crippen LogP contribution in [0.15, 0.2) is 83.8 Å². The van der Waals surface area contributed by atoms with E-state index >= 15 is 0 Å². The van der Waals surface area contributed by atoms with Gasteiger partial charge in [0.15, 0.2) is 0 Å². The number of benzene rings is 3. The van der Waals surface area contributed by atoms with Crippen LogP contribution >= 0.6 is 11.8 Å². The maximum absolute atomic E-state index is 13.0. The van der Waals surface area contributed by atoms with Crippen LogP contribution in [-0.2, 0) is 17.9 Å². The van der Waals surface area contributed by atoms with Gasteiger partial charge in [0.1, 0.15) is 0 Å². The molecule has 2 amide bonds. The minimum atomic E-state index is 0.0803. The third-order valence-electron chi connectivity index (χ3n) is 6.26. The summed E-state index contributed by atoms with van der Waals surface area (Å²) in [7, 11) is 0. The SMILES string of the molecule is O=C(c1ccc(CN2C(=O)CSc3ccccc32)cc1)N1CCN(Cc2ccccc2)CC1. The summed E-state index contributed by atoms with van der Waals surface area (Å²) in [6, 6.07) is 26.2. The number of amides is 2. The van der Waals surface area contributed by atoms with Crippen LogP contribution in [0, 0.1) is 0 Å². The number of rotatable bonds is 5. The highest BCUT2D eigenvalue weighted by molar-refractivity contribution is 8.00. The molecule has 0 saturated carbocycles. The average Bonchev–Trinajstić information content (AvgIpc) is 2.87. The highest BCUT2D eigenvalue weighted by atomic mass is 32.2. The highest BCUT2D eigenvalue weighted by Gasteiger charge is 2.25. The van der Waals surface area contributed by atoms with Crippen molar-refractivity contribution in [3.05, 3.63) is 95.6 Å². The smallest absolute Gasteiger partial charge is 0.253 e. The van der Waals surface area contributed by atoms with Crippen molar-refractivity contribution in [2.24, 2.45) is 0 Å². The normalized spacial score (nSPS) is 16.5. The van der Waals surface area contributed by atoms with E-state index in [1.807, 2.05) is 58.3 Å². The van der Waals surface area contributed by atoms with Gasteiger partial charge in [0.05, 0.1) is 18.0 Å². The van der Waals surface area contributed by atoms with Crippen LogP contribution in [0.3, 0.4) is 0 Å². The van der Waals surface area contributed by atoms with Crippen LogP contribution in [0.25, 0.3) is 0 Å². The summed E-state index contributed by atoms with van der Waals surface area (Å²) in [5.41, 5.74) is 4.00. The first-order valence-corrected chi connectivity index (χ1v) is 12.3. The number of piperazine rings is 1. The van der Waals surface area contributed by atoms with Crippen molar-refractivity contribution >= 4 is 29.3 Å². The fraction of sp³-hybridized carbons (Fsp3) is 0.259. The van der Waals surface area contributed by atoms with Crippen molar-refractivity contribution in [3.8, 4) is 0 Å². The second kappa shape index (κ2) is 9.81. The molecule has 0 spiro atoms. The van der Waals surface area contributed by atoms with Crippen LogP contribution in [0.1, 0.15) is 21.5 Å².